The summed E-state index contributed by atoms with van der Waals surface area (Å²) in [6.45, 7) is 1.45. The third-order valence-corrected chi connectivity index (χ3v) is 5.00. The van der Waals surface area contributed by atoms with E-state index in [1.54, 1.807) is 54.6 Å². The van der Waals surface area contributed by atoms with Crippen LogP contribution in [0.5, 0.6) is 5.75 Å². The lowest BCUT2D eigenvalue weighted by Crippen LogP contribution is -2.16. The van der Waals surface area contributed by atoms with Gasteiger partial charge in [-0.25, -0.2) is 4.79 Å². The van der Waals surface area contributed by atoms with E-state index in [0.29, 0.717) is 39.4 Å². The number of hydrogen-bond acceptors (Lipinski definition) is 6. The number of carboxylic acids is 1. The van der Waals surface area contributed by atoms with E-state index in [4.69, 9.17) is 21.0 Å². The van der Waals surface area contributed by atoms with Gasteiger partial charge < -0.3 is 31.3 Å². The molecule has 0 spiro atoms. The van der Waals surface area contributed by atoms with E-state index >= 15 is 0 Å². The van der Waals surface area contributed by atoms with Crippen molar-refractivity contribution in [3.05, 3.63) is 88.5 Å². The van der Waals surface area contributed by atoms with E-state index in [1.807, 2.05) is 13.0 Å². The van der Waals surface area contributed by atoms with Crippen molar-refractivity contribution in [3.8, 4) is 5.75 Å². The molecule has 0 bridgehead atoms. The average Bonchev–Trinajstić information content (AvgIpc) is 2.82. The number of nitrogens with two attached hydrogens (primary N) is 1. The molecule has 7 N–H and O–H groups in total. The van der Waals surface area contributed by atoms with Gasteiger partial charge in [0.1, 0.15) is 11.6 Å². The summed E-state index contributed by atoms with van der Waals surface area (Å²) in [6.07, 6.45) is 0. The molecule has 1 amide bonds. The Morgan fingerprint density at radius 1 is 1.06 bits per heavy atom. The normalized spacial score (nSPS) is 10.4. The van der Waals surface area contributed by atoms with Crippen LogP contribution >= 0.6 is 0 Å². The maximum absolute atomic E-state index is 13.0. The summed E-state index contributed by atoms with van der Waals surface area (Å²) in [7, 11) is 0. The molecule has 0 heterocycles. The molecule has 34 heavy (non-hydrogen) atoms. The second kappa shape index (κ2) is 11.0. The number of aliphatic carboxylic acids is 1. The molecule has 0 radical (unpaired) electrons. The van der Waals surface area contributed by atoms with Gasteiger partial charge in [-0.05, 0) is 61.0 Å². The predicted molar refractivity (Wildman–Crippen MR) is 129 cm³/mol. The monoisotopic (exact) mass is 462 g/mol. The van der Waals surface area contributed by atoms with Crippen LogP contribution in [0.2, 0.25) is 0 Å². The van der Waals surface area contributed by atoms with Crippen LogP contribution in [0.3, 0.4) is 0 Å². The summed E-state index contributed by atoms with van der Waals surface area (Å²) in [5, 5.41) is 31.9. The van der Waals surface area contributed by atoms with Gasteiger partial charge in [-0.1, -0.05) is 17.7 Å². The second-order valence-electron chi connectivity index (χ2n) is 7.63. The van der Waals surface area contributed by atoms with E-state index in [9.17, 15) is 14.7 Å². The highest BCUT2D eigenvalue weighted by Gasteiger charge is 2.14. The van der Waals surface area contributed by atoms with Gasteiger partial charge in [-0.15, -0.1) is 0 Å². The molecule has 0 aliphatic carbocycles. The zero-order valence-corrected chi connectivity index (χ0v) is 18.6. The number of benzene rings is 3. The van der Waals surface area contributed by atoms with E-state index in [2.05, 4.69) is 10.6 Å². The Labute approximate surface area is 196 Å². The number of carbonyl (C=O) groups is 2. The van der Waals surface area contributed by atoms with Gasteiger partial charge in [-0.2, -0.15) is 0 Å². The summed E-state index contributed by atoms with van der Waals surface area (Å²) in [5.41, 5.74) is 9.76. The largest absolute Gasteiger partial charge is 0.482 e. The topological polar surface area (TPSA) is 158 Å². The Morgan fingerprint density at radius 3 is 2.44 bits per heavy atom. The maximum atomic E-state index is 13.0. The number of hydrogen-bond donors (Lipinski definition) is 6. The van der Waals surface area contributed by atoms with Crippen molar-refractivity contribution in [1.29, 1.82) is 5.41 Å². The highest BCUT2D eigenvalue weighted by molar-refractivity contribution is 6.08. The summed E-state index contributed by atoms with van der Waals surface area (Å²) in [6, 6.07) is 17.0. The van der Waals surface area contributed by atoms with Crippen LogP contribution in [-0.2, 0) is 17.9 Å². The number of nitrogens with one attached hydrogen (secondary N) is 3. The average molecular weight is 463 g/mol. The Balaban J connectivity index is 1.80. The van der Waals surface area contributed by atoms with E-state index in [0.717, 1.165) is 5.56 Å². The Hall–Kier alpha value is -4.37. The first-order valence-corrected chi connectivity index (χ1v) is 10.4. The van der Waals surface area contributed by atoms with Crippen molar-refractivity contribution in [1.82, 2.24) is 0 Å². The third kappa shape index (κ3) is 6.33. The number of rotatable bonds is 10. The zero-order valence-electron chi connectivity index (χ0n) is 18.6. The fourth-order valence-electron chi connectivity index (χ4n) is 3.27. The van der Waals surface area contributed by atoms with Crippen LogP contribution in [0.4, 0.5) is 11.4 Å². The maximum Gasteiger partial charge on any atom is 0.341 e. The summed E-state index contributed by atoms with van der Waals surface area (Å²) < 4.78 is 5.36. The Bertz CT molecular complexity index is 1210. The smallest absolute Gasteiger partial charge is 0.341 e. The molecule has 0 unspecified atom stereocenters. The molecule has 0 saturated heterocycles. The highest BCUT2D eigenvalue weighted by Crippen LogP contribution is 2.25. The first-order chi connectivity index (χ1) is 16.3. The molecule has 0 aliphatic rings. The van der Waals surface area contributed by atoms with Gasteiger partial charge in [-0.3, -0.25) is 10.2 Å². The number of aliphatic hydroxyl groups excluding tert-OH is 1. The SMILES string of the molecule is Cc1ccc(NCc2cc(CO)ccc2OCC(=O)O)c(C(=O)Nc2ccc(C(=N)N)cc2)c1. The minimum Gasteiger partial charge on any atom is -0.482 e. The number of carbonyl (C=O) groups excluding carboxylic acids is 1. The van der Waals surface area contributed by atoms with Crippen molar-refractivity contribution in [2.24, 2.45) is 5.73 Å². The molecule has 3 aromatic carbocycles. The van der Waals surface area contributed by atoms with Gasteiger partial charge in [0.25, 0.3) is 5.91 Å². The van der Waals surface area contributed by atoms with E-state index in [-0.39, 0.29) is 24.9 Å². The van der Waals surface area contributed by atoms with Crippen molar-refractivity contribution < 1.29 is 24.5 Å². The summed E-state index contributed by atoms with van der Waals surface area (Å²) in [4.78, 5) is 23.9. The minimum atomic E-state index is -1.10. The quantitative estimate of drug-likeness (QED) is 0.200. The van der Waals surface area contributed by atoms with Crippen LogP contribution in [0, 0.1) is 12.3 Å². The fraction of sp³-hybridized carbons (Fsp3) is 0.160. The Kier molecular flexibility index (Phi) is 7.83. The lowest BCUT2D eigenvalue weighted by molar-refractivity contribution is -0.139. The Morgan fingerprint density at radius 2 is 1.79 bits per heavy atom. The number of amidine groups is 1. The predicted octanol–water partition coefficient (Wildman–Crippen LogP) is 3.10. The van der Waals surface area contributed by atoms with Crippen molar-refractivity contribution in [3.63, 3.8) is 0 Å². The highest BCUT2D eigenvalue weighted by atomic mass is 16.5. The number of carboxylic acid groups (broad SMARTS) is 1. The molecule has 0 atom stereocenters. The molecule has 0 aromatic heterocycles. The first kappa shape index (κ1) is 24.3. The lowest BCUT2D eigenvalue weighted by atomic mass is 10.1. The van der Waals surface area contributed by atoms with Gasteiger partial charge in [0.2, 0.25) is 0 Å². The van der Waals surface area contributed by atoms with E-state index in [1.165, 1.54) is 0 Å². The van der Waals surface area contributed by atoms with Crippen molar-refractivity contribution >= 4 is 29.1 Å². The van der Waals surface area contributed by atoms with E-state index < -0.39 is 12.6 Å². The van der Waals surface area contributed by atoms with Crippen LogP contribution in [0.25, 0.3) is 0 Å². The van der Waals surface area contributed by atoms with Gasteiger partial charge in [0.15, 0.2) is 6.61 Å². The summed E-state index contributed by atoms with van der Waals surface area (Å²) in [5.74, 6) is -1.11. The van der Waals surface area contributed by atoms with Crippen LogP contribution in [0.15, 0.2) is 60.7 Å². The molecular formula is C25H26N4O5. The van der Waals surface area contributed by atoms with Crippen LogP contribution < -0.4 is 21.1 Å². The molecule has 0 aliphatic heterocycles. The van der Waals surface area contributed by atoms with Gasteiger partial charge >= 0.3 is 5.97 Å². The van der Waals surface area contributed by atoms with Crippen LogP contribution in [0.1, 0.15) is 32.6 Å². The molecule has 176 valence electrons. The van der Waals surface area contributed by atoms with Gasteiger partial charge in [0.05, 0.1) is 12.2 Å². The first-order valence-electron chi connectivity index (χ1n) is 10.4. The number of nitrogen functional groups attached to an aromatic ring is 1. The minimum absolute atomic E-state index is 0.0555. The second-order valence-corrected chi connectivity index (χ2v) is 7.63. The molecule has 0 saturated carbocycles. The molecule has 9 nitrogen and oxygen atoms in total. The molecule has 3 rings (SSSR count). The number of aryl methyl sites for hydroxylation is 1. The third-order valence-electron chi connectivity index (χ3n) is 5.00. The standard InChI is InChI=1S/C25H26N4O5/c1-15-2-8-21(20(10-15)25(33)29-19-6-4-17(5-7-19)24(26)27)28-12-18-11-16(13-30)3-9-22(18)34-14-23(31)32/h2-11,28,30H,12-14H2,1H3,(H3,26,27)(H,29,33)(H,31,32). The molecule has 3 aromatic rings. The van der Waals surface area contributed by atoms with Crippen molar-refractivity contribution in [2.45, 2.75) is 20.1 Å². The fourth-order valence-corrected chi connectivity index (χ4v) is 3.27. The van der Waals surface area contributed by atoms with Crippen LogP contribution in [-0.4, -0.2) is 34.5 Å². The van der Waals surface area contributed by atoms with Gasteiger partial charge in [0, 0.05) is 29.0 Å². The summed E-state index contributed by atoms with van der Waals surface area (Å²) >= 11 is 0. The zero-order chi connectivity index (χ0) is 24.7. The van der Waals surface area contributed by atoms with Crippen molar-refractivity contribution in [2.75, 3.05) is 17.2 Å². The number of anilines is 2. The number of aliphatic hydroxyl groups is 1. The molecule has 9 heteroatoms. The molecular weight excluding hydrogens is 436 g/mol. The molecule has 0 fully saturated rings. The lowest BCUT2D eigenvalue weighted by Gasteiger charge is -2.16. The number of amides is 1. The number of ether oxygens (including phenoxy) is 1.